The van der Waals surface area contributed by atoms with E-state index in [0.717, 1.165) is 0 Å². The van der Waals surface area contributed by atoms with Crippen molar-refractivity contribution in [2.75, 3.05) is 7.11 Å². The first-order valence-electron chi connectivity index (χ1n) is 4.15. The molecule has 1 aromatic rings. The molecule has 16 heavy (non-hydrogen) atoms. The molecule has 0 N–H and O–H groups in total. The van der Waals surface area contributed by atoms with E-state index in [4.69, 9.17) is 0 Å². The largest absolute Gasteiger partial charge is 0.469 e. The van der Waals surface area contributed by atoms with Crippen molar-refractivity contribution in [1.29, 1.82) is 0 Å². The molecule has 0 unspecified atom stereocenters. The summed E-state index contributed by atoms with van der Waals surface area (Å²) >= 11 is 6.27. The number of esters is 1. The number of methoxy groups -OCH3 is 1. The molecule has 1 rings (SSSR count). The molecule has 0 radical (unpaired) electrons. The van der Waals surface area contributed by atoms with E-state index >= 15 is 0 Å². The van der Waals surface area contributed by atoms with Gasteiger partial charge in [0.05, 0.1) is 18.5 Å². The molecule has 0 aliphatic carbocycles. The van der Waals surface area contributed by atoms with Gasteiger partial charge in [-0.2, -0.15) is 0 Å². The zero-order valence-corrected chi connectivity index (χ0v) is 11.4. The molecule has 0 saturated heterocycles. The highest BCUT2D eigenvalue weighted by atomic mass is 79.9. The van der Waals surface area contributed by atoms with Crippen LogP contribution in [0.1, 0.15) is 5.56 Å². The van der Waals surface area contributed by atoms with Gasteiger partial charge in [0, 0.05) is 10.5 Å². The van der Waals surface area contributed by atoms with Crippen LogP contribution in [0.3, 0.4) is 0 Å². The Kier molecular flexibility index (Phi) is 4.43. The number of rotatable bonds is 3. The van der Waals surface area contributed by atoms with Gasteiger partial charge in [-0.3, -0.25) is 14.9 Å². The van der Waals surface area contributed by atoms with Crippen LogP contribution in [0.2, 0.25) is 0 Å². The standard InChI is InChI=1S/C9H7Br2NO4/c1-16-8(13)4-5-2-6(10)9(11)7(3-5)12(14)15/h2-3H,4H2,1H3. The summed E-state index contributed by atoms with van der Waals surface area (Å²) in [6.45, 7) is 0. The van der Waals surface area contributed by atoms with E-state index in [1.807, 2.05) is 0 Å². The summed E-state index contributed by atoms with van der Waals surface area (Å²) in [7, 11) is 1.27. The van der Waals surface area contributed by atoms with Crippen molar-refractivity contribution in [1.82, 2.24) is 0 Å². The molecule has 1 aromatic carbocycles. The van der Waals surface area contributed by atoms with E-state index in [9.17, 15) is 14.9 Å². The average Bonchev–Trinajstić information content (AvgIpc) is 2.22. The van der Waals surface area contributed by atoms with Crippen molar-refractivity contribution >= 4 is 43.5 Å². The second-order valence-electron chi connectivity index (χ2n) is 2.92. The van der Waals surface area contributed by atoms with Crippen LogP contribution in [0, 0.1) is 10.1 Å². The van der Waals surface area contributed by atoms with E-state index in [-0.39, 0.29) is 12.1 Å². The van der Waals surface area contributed by atoms with E-state index in [1.165, 1.54) is 13.2 Å². The monoisotopic (exact) mass is 351 g/mol. The third-order valence-electron chi connectivity index (χ3n) is 1.84. The van der Waals surface area contributed by atoms with Gasteiger partial charge in [0.15, 0.2) is 0 Å². The Labute approximate surface area is 108 Å². The highest BCUT2D eigenvalue weighted by Crippen LogP contribution is 2.33. The van der Waals surface area contributed by atoms with Gasteiger partial charge in [-0.25, -0.2) is 0 Å². The Bertz CT molecular complexity index is 447. The third-order valence-corrected chi connectivity index (χ3v) is 3.83. The minimum atomic E-state index is -0.518. The van der Waals surface area contributed by atoms with Crippen molar-refractivity contribution in [3.8, 4) is 0 Å². The summed E-state index contributed by atoms with van der Waals surface area (Å²) in [6.07, 6.45) is 0.00319. The highest BCUT2D eigenvalue weighted by Gasteiger charge is 2.17. The zero-order chi connectivity index (χ0) is 12.3. The molecule has 0 aliphatic rings. The number of hydrogen-bond donors (Lipinski definition) is 0. The Morgan fingerprint density at radius 2 is 2.12 bits per heavy atom. The summed E-state index contributed by atoms with van der Waals surface area (Å²) in [5.41, 5.74) is 0.432. The van der Waals surface area contributed by atoms with E-state index < -0.39 is 10.9 Å². The number of carbonyl (C=O) groups excluding carboxylic acids is 1. The number of nitro benzene ring substituents is 1. The van der Waals surface area contributed by atoms with Crippen LogP contribution in [0.15, 0.2) is 21.1 Å². The summed E-state index contributed by atoms with van der Waals surface area (Å²) in [5.74, 6) is -0.441. The summed E-state index contributed by atoms with van der Waals surface area (Å²) < 4.78 is 5.37. The van der Waals surface area contributed by atoms with Crippen LogP contribution in [0.4, 0.5) is 5.69 Å². The molecular formula is C9H7Br2NO4. The maximum atomic E-state index is 11.0. The van der Waals surface area contributed by atoms with E-state index in [0.29, 0.717) is 14.5 Å². The number of nitrogens with zero attached hydrogens (tertiary/aromatic N) is 1. The first-order valence-corrected chi connectivity index (χ1v) is 5.73. The molecule has 0 atom stereocenters. The molecule has 86 valence electrons. The van der Waals surface area contributed by atoms with Gasteiger partial charge in [-0.15, -0.1) is 0 Å². The quantitative estimate of drug-likeness (QED) is 0.476. The normalized spacial score (nSPS) is 9.94. The highest BCUT2D eigenvalue weighted by molar-refractivity contribution is 9.13. The second-order valence-corrected chi connectivity index (χ2v) is 4.57. The van der Waals surface area contributed by atoms with Gasteiger partial charge in [0.25, 0.3) is 5.69 Å². The van der Waals surface area contributed by atoms with Crippen LogP contribution >= 0.6 is 31.9 Å². The van der Waals surface area contributed by atoms with Crippen molar-refractivity contribution in [3.05, 3.63) is 36.8 Å². The predicted octanol–water partition coefficient (Wildman–Crippen LogP) is 2.84. The van der Waals surface area contributed by atoms with Crippen molar-refractivity contribution in [3.63, 3.8) is 0 Å². The molecule has 0 heterocycles. The fourth-order valence-corrected chi connectivity index (χ4v) is 1.97. The smallest absolute Gasteiger partial charge is 0.309 e. The van der Waals surface area contributed by atoms with Gasteiger partial charge in [0.2, 0.25) is 0 Å². The molecule has 0 bridgehead atoms. The molecule has 0 saturated carbocycles. The van der Waals surface area contributed by atoms with E-state index in [1.54, 1.807) is 6.07 Å². The van der Waals surface area contributed by atoms with Crippen molar-refractivity contribution in [2.24, 2.45) is 0 Å². The summed E-state index contributed by atoms with van der Waals surface area (Å²) in [6, 6.07) is 2.97. The first kappa shape index (κ1) is 13.1. The minimum absolute atomic E-state index is 0.00319. The van der Waals surface area contributed by atoms with Crippen LogP contribution in [0.5, 0.6) is 0 Å². The Morgan fingerprint density at radius 3 is 2.62 bits per heavy atom. The SMILES string of the molecule is COC(=O)Cc1cc(Br)c(Br)c([N+](=O)[O-])c1. The van der Waals surface area contributed by atoms with E-state index in [2.05, 4.69) is 36.6 Å². The predicted molar refractivity (Wildman–Crippen MR) is 64.2 cm³/mol. The molecule has 5 nitrogen and oxygen atoms in total. The summed E-state index contributed by atoms with van der Waals surface area (Å²) in [5, 5.41) is 10.7. The fraction of sp³-hybridized carbons (Fsp3) is 0.222. The lowest BCUT2D eigenvalue weighted by atomic mass is 10.1. The van der Waals surface area contributed by atoms with Crippen LogP contribution in [-0.4, -0.2) is 18.0 Å². The lowest BCUT2D eigenvalue weighted by Crippen LogP contribution is -2.05. The summed E-state index contributed by atoms with van der Waals surface area (Å²) in [4.78, 5) is 21.2. The lowest BCUT2D eigenvalue weighted by Gasteiger charge is -2.03. The van der Waals surface area contributed by atoms with Crippen molar-refractivity contribution in [2.45, 2.75) is 6.42 Å². The second kappa shape index (κ2) is 5.40. The van der Waals surface area contributed by atoms with Gasteiger partial charge >= 0.3 is 5.97 Å². The number of ether oxygens (including phenoxy) is 1. The third kappa shape index (κ3) is 3.02. The molecule has 0 amide bonds. The van der Waals surface area contributed by atoms with Gasteiger partial charge in [-0.05, 0) is 43.5 Å². The number of benzene rings is 1. The van der Waals surface area contributed by atoms with Crippen LogP contribution in [-0.2, 0) is 16.0 Å². The maximum Gasteiger partial charge on any atom is 0.309 e. The molecular weight excluding hydrogens is 346 g/mol. The van der Waals surface area contributed by atoms with Gasteiger partial charge < -0.3 is 4.74 Å². The topological polar surface area (TPSA) is 69.4 Å². The van der Waals surface area contributed by atoms with Gasteiger partial charge in [-0.1, -0.05) is 0 Å². The van der Waals surface area contributed by atoms with Crippen molar-refractivity contribution < 1.29 is 14.5 Å². The Balaban J connectivity index is 3.14. The molecule has 0 spiro atoms. The van der Waals surface area contributed by atoms with Crippen LogP contribution < -0.4 is 0 Å². The minimum Gasteiger partial charge on any atom is -0.469 e. The first-order chi connectivity index (χ1) is 7.45. The number of carbonyl (C=O) groups is 1. The Hall–Kier alpha value is -0.950. The lowest BCUT2D eigenvalue weighted by molar-refractivity contribution is -0.385. The average molecular weight is 353 g/mol. The number of halogens is 2. The Morgan fingerprint density at radius 1 is 1.50 bits per heavy atom. The van der Waals surface area contributed by atoms with Gasteiger partial charge in [0.1, 0.15) is 4.47 Å². The number of nitro groups is 1. The maximum absolute atomic E-state index is 11.0. The molecule has 0 fully saturated rings. The van der Waals surface area contributed by atoms with Crippen LogP contribution in [0.25, 0.3) is 0 Å². The number of hydrogen-bond acceptors (Lipinski definition) is 4. The molecule has 7 heteroatoms. The molecule has 0 aliphatic heterocycles. The zero-order valence-electron chi connectivity index (χ0n) is 8.20. The molecule has 0 aromatic heterocycles. The fourth-order valence-electron chi connectivity index (χ4n) is 1.10.